The molecule has 5 nitrogen and oxygen atoms in total. The monoisotopic (exact) mass is 229 g/mol. The van der Waals surface area contributed by atoms with Crippen LogP contribution in [0.4, 0.5) is 0 Å². The Hall–Kier alpha value is -1.75. The van der Waals surface area contributed by atoms with E-state index in [9.17, 15) is 0 Å². The molecule has 0 saturated carbocycles. The van der Waals surface area contributed by atoms with E-state index in [0.717, 1.165) is 18.7 Å². The molecule has 1 aromatic carbocycles. The second-order valence-electron chi connectivity index (χ2n) is 4.40. The summed E-state index contributed by atoms with van der Waals surface area (Å²) in [7, 11) is 0. The van der Waals surface area contributed by atoms with Crippen molar-refractivity contribution in [3.8, 4) is 11.4 Å². The van der Waals surface area contributed by atoms with Gasteiger partial charge in [-0.05, 0) is 36.1 Å². The van der Waals surface area contributed by atoms with Crippen LogP contribution in [0.1, 0.15) is 24.3 Å². The average molecular weight is 229 g/mol. The summed E-state index contributed by atoms with van der Waals surface area (Å²) in [5.41, 5.74) is 2.40. The number of nitrogens with one attached hydrogen (secondary N) is 2. The third-order valence-corrected chi connectivity index (χ3v) is 3.28. The van der Waals surface area contributed by atoms with E-state index >= 15 is 0 Å². The molecule has 88 valence electrons. The maximum Gasteiger partial charge on any atom is 0.204 e. The van der Waals surface area contributed by atoms with Crippen molar-refractivity contribution in [3.63, 3.8) is 0 Å². The minimum Gasteiger partial charge on any atom is -0.316 e. The smallest absolute Gasteiger partial charge is 0.204 e. The minimum atomic E-state index is 0.642. The predicted molar refractivity (Wildman–Crippen MR) is 64.5 cm³/mol. The highest BCUT2D eigenvalue weighted by atomic mass is 15.5. The molecule has 0 aliphatic carbocycles. The van der Waals surface area contributed by atoms with Crippen LogP contribution in [0, 0.1) is 0 Å². The Morgan fingerprint density at radius 3 is 2.71 bits per heavy atom. The van der Waals surface area contributed by atoms with Crippen LogP contribution in [0.25, 0.3) is 11.4 Å². The van der Waals surface area contributed by atoms with Crippen molar-refractivity contribution in [1.29, 1.82) is 0 Å². The Bertz CT molecular complexity index is 456. The highest BCUT2D eigenvalue weighted by Gasteiger charge is 2.15. The standard InChI is InChI=1S/C12H15N5/c1-2-11(8-13-7-1)9-3-5-10(6-4-9)12-14-16-17-15-12/h3-6,11,13H,1-2,7-8H2,(H,14,15,16,17). The molecule has 0 bridgehead atoms. The van der Waals surface area contributed by atoms with Crippen LogP contribution in [0.2, 0.25) is 0 Å². The molecule has 2 aromatic rings. The maximum absolute atomic E-state index is 3.97. The molecule has 1 fully saturated rings. The van der Waals surface area contributed by atoms with Gasteiger partial charge in [0.15, 0.2) is 0 Å². The van der Waals surface area contributed by atoms with E-state index in [2.05, 4.69) is 50.2 Å². The molecule has 3 rings (SSSR count). The molecule has 1 saturated heterocycles. The Labute approximate surface area is 99.6 Å². The van der Waals surface area contributed by atoms with Crippen molar-refractivity contribution in [2.24, 2.45) is 0 Å². The summed E-state index contributed by atoms with van der Waals surface area (Å²) in [5.74, 6) is 1.29. The number of nitrogens with zero attached hydrogens (tertiary/aromatic N) is 3. The van der Waals surface area contributed by atoms with Gasteiger partial charge >= 0.3 is 0 Å². The largest absolute Gasteiger partial charge is 0.316 e. The van der Waals surface area contributed by atoms with Gasteiger partial charge in [-0.2, -0.15) is 5.21 Å². The molecule has 1 aliphatic rings. The van der Waals surface area contributed by atoms with Gasteiger partial charge in [-0.3, -0.25) is 0 Å². The van der Waals surface area contributed by atoms with Crippen molar-refractivity contribution in [3.05, 3.63) is 29.8 Å². The third-order valence-electron chi connectivity index (χ3n) is 3.28. The Kier molecular flexibility index (Phi) is 2.83. The second-order valence-corrected chi connectivity index (χ2v) is 4.40. The lowest BCUT2D eigenvalue weighted by atomic mass is 9.91. The molecule has 1 aliphatic heterocycles. The topological polar surface area (TPSA) is 66.5 Å². The van der Waals surface area contributed by atoms with E-state index in [1.165, 1.54) is 18.4 Å². The molecule has 2 heterocycles. The Morgan fingerprint density at radius 2 is 2.06 bits per heavy atom. The molecule has 1 aromatic heterocycles. The molecule has 0 spiro atoms. The first kappa shape index (κ1) is 10.4. The van der Waals surface area contributed by atoms with Crippen LogP contribution >= 0.6 is 0 Å². The molecule has 2 N–H and O–H groups in total. The van der Waals surface area contributed by atoms with Crippen LogP contribution in [-0.4, -0.2) is 33.7 Å². The molecule has 1 unspecified atom stereocenters. The third kappa shape index (κ3) is 2.19. The van der Waals surface area contributed by atoms with E-state index in [-0.39, 0.29) is 0 Å². The van der Waals surface area contributed by atoms with E-state index in [4.69, 9.17) is 0 Å². The van der Waals surface area contributed by atoms with Crippen LogP contribution in [0.15, 0.2) is 24.3 Å². The summed E-state index contributed by atoms with van der Waals surface area (Å²) < 4.78 is 0. The van der Waals surface area contributed by atoms with Crippen molar-refractivity contribution < 1.29 is 0 Å². The number of aromatic nitrogens is 4. The fourth-order valence-electron chi connectivity index (χ4n) is 2.32. The first-order valence-corrected chi connectivity index (χ1v) is 5.98. The SMILES string of the molecule is c1cc(C2CCCNC2)ccc1-c1nn[nH]n1. The number of hydrogen-bond donors (Lipinski definition) is 2. The zero-order valence-electron chi connectivity index (χ0n) is 9.56. The van der Waals surface area contributed by atoms with Gasteiger partial charge in [0.25, 0.3) is 0 Å². The van der Waals surface area contributed by atoms with Crippen LogP contribution in [-0.2, 0) is 0 Å². The van der Waals surface area contributed by atoms with E-state index < -0.39 is 0 Å². The van der Waals surface area contributed by atoms with Gasteiger partial charge in [-0.25, -0.2) is 0 Å². The lowest BCUT2D eigenvalue weighted by Crippen LogP contribution is -2.28. The lowest BCUT2D eigenvalue weighted by molar-refractivity contribution is 0.461. The molecule has 1 atom stereocenters. The first-order valence-electron chi connectivity index (χ1n) is 5.98. The Balaban J connectivity index is 1.80. The van der Waals surface area contributed by atoms with Crippen LogP contribution in [0.3, 0.4) is 0 Å². The number of rotatable bonds is 2. The van der Waals surface area contributed by atoms with Gasteiger partial charge < -0.3 is 5.32 Å². The quantitative estimate of drug-likeness (QED) is 0.815. The number of benzene rings is 1. The number of H-pyrrole nitrogens is 1. The summed E-state index contributed by atoms with van der Waals surface area (Å²) in [5, 5.41) is 17.4. The fourth-order valence-corrected chi connectivity index (χ4v) is 2.32. The highest BCUT2D eigenvalue weighted by Crippen LogP contribution is 2.24. The van der Waals surface area contributed by atoms with Crippen LogP contribution in [0.5, 0.6) is 0 Å². The molecular weight excluding hydrogens is 214 g/mol. The minimum absolute atomic E-state index is 0.642. The molecule has 0 amide bonds. The fraction of sp³-hybridized carbons (Fsp3) is 0.417. The van der Waals surface area contributed by atoms with Gasteiger partial charge in [0.2, 0.25) is 5.82 Å². The van der Waals surface area contributed by atoms with Crippen molar-refractivity contribution in [1.82, 2.24) is 25.9 Å². The zero-order valence-corrected chi connectivity index (χ0v) is 9.56. The average Bonchev–Trinajstić information content (AvgIpc) is 2.94. The summed E-state index contributed by atoms with van der Waals surface area (Å²) in [4.78, 5) is 0. The zero-order chi connectivity index (χ0) is 11.5. The summed E-state index contributed by atoms with van der Waals surface area (Å²) in [6.07, 6.45) is 2.53. The normalized spacial score (nSPS) is 20.4. The molecular formula is C12H15N5. The predicted octanol–water partition coefficient (Wildman–Crippen LogP) is 1.33. The number of piperidine rings is 1. The van der Waals surface area contributed by atoms with Crippen LogP contribution < -0.4 is 5.32 Å². The van der Waals surface area contributed by atoms with Gasteiger partial charge in [-0.1, -0.05) is 24.3 Å². The van der Waals surface area contributed by atoms with E-state index in [0.29, 0.717) is 11.7 Å². The van der Waals surface area contributed by atoms with E-state index in [1.54, 1.807) is 0 Å². The first-order chi connectivity index (χ1) is 8.43. The Morgan fingerprint density at radius 1 is 1.18 bits per heavy atom. The van der Waals surface area contributed by atoms with Gasteiger partial charge in [0.05, 0.1) is 0 Å². The van der Waals surface area contributed by atoms with Crippen molar-refractivity contribution >= 4 is 0 Å². The number of hydrogen-bond acceptors (Lipinski definition) is 4. The van der Waals surface area contributed by atoms with Crippen molar-refractivity contribution in [2.75, 3.05) is 13.1 Å². The van der Waals surface area contributed by atoms with E-state index in [1.807, 2.05) is 0 Å². The summed E-state index contributed by atoms with van der Waals surface area (Å²) >= 11 is 0. The number of aromatic amines is 1. The van der Waals surface area contributed by atoms with Gasteiger partial charge in [-0.15, -0.1) is 10.2 Å². The summed E-state index contributed by atoms with van der Waals surface area (Å²) in [6.45, 7) is 2.24. The molecule has 5 heteroatoms. The van der Waals surface area contributed by atoms with Gasteiger partial charge in [0.1, 0.15) is 0 Å². The second kappa shape index (κ2) is 4.63. The highest BCUT2D eigenvalue weighted by molar-refractivity contribution is 5.54. The molecule has 0 radical (unpaired) electrons. The maximum atomic E-state index is 3.97. The lowest BCUT2D eigenvalue weighted by Gasteiger charge is -2.23. The van der Waals surface area contributed by atoms with Crippen molar-refractivity contribution in [2.45, 2.75) is 18.8 Å². The summed E-state index contributed by atoms with van der Waals surface area (Å²) in [6, 6.07) is 8.47. The number of tetrazole rings is 1. The molecule has 17 heavy (non-hydrogen) atoms. The van der Waals surface area contributed by atoms with Gasteiger partial charge in [0, 0.05) is 12.1 Å².